The summed E-state index contributed by atoms with van der Waals surface area (Å²) in [5, 5.41) is 0. The number of benzene rings is 2. The fraction of sp³-hybridized carbons (Fsp3) is 0.448. The smallest absolute Gasteiger partial charge is 0.392 e. The van der Waals surface area contributed by atoms with Crippen molar-refractivity contribution in [2.75, 3.05) is 0 Å². The van der Waals surface area contributed by atoms with E-state index in [9.17, 15) is 32.3 Å². The molecule has 0 radical (unpaired) electrons. The van der Waals surface area contributed by atoms with Crippen molar-refractivity contribution in [3.05, 3.63) is 68.8 Å². The van der Waals surface area contributed by atoms with E-state index < -0.39 is 54.2 Å². The average molecular weight is 535 g/mol. The Balaban J connectivity index is 2.23. The van der Waals surface area contributed by atoms with Crippen LogP contribution in [0.15, 0.2) is 24.3 Å². The van der Waals surface area contributed by atoms with E-state index >= 15 is 0 Å². The zero-order valence-electron chi connectivity index (χ0n) is 22.8. The summed E-state index contributed by atoms with van der Waals surface area (Å²) < 4.78 is 50.3. The fourth-order valence-electron chi connectivity index (χ4n) is 4.01. The molecule has 2 aromatic rings. The Morgan fingerprint density at radius 3 is 1.47 bits per heavy atom. The molecule has 0 spiro atoms. The summed E-state index contributed by atoms with van der Waals surface area (Å²) >= 11 is 0. The Morgan fingerprint density at radius 2 is 1.08 bits per heavy atom. The van der Waals surface area contributed by atoms with E-state index in [1.807, 2.05) is 13.8 Å². The Bertz CT molecular complexity index is 1260. The summed E-state index contributed by atoms with van der Waals surface area (Å²) in [6, 6.07) is 6.23. The van der Waals surface area contributed by atoms with Gasteiger partial charge in [0.05, 0.1) is 6.42 Å². The largest absolute Gasteiger partial charge is 0.456 e. The molecule has 6 nitrogen and oxygen atoms in total. The van der Waals surface area contributed by atoms with Crippen molar-refractivity contribution < 1.29 is 41.8 Å². The number of Topliss-reactive ketones (excluding diaryl/α,β-unsaturated/α-hetero) is 2. The minimum absolute atomic E-state index is 0.0327. The van der Waals surface area contributed by atoms with Crippen molar-refractivity contribution in [2.45, 2.75) is 80.2 Å². The van der Waals surface area contributed by atoms with Crippen LogP contribution < -0.4 is 0 Å². The quantitative estimate of drug-likeness (QED) is 0.222. The monoisotopic (exact) mass is 534 g/mol. The highest BCUT2D eigenvalue weighted by Gasteiger charge is 2.40. The first-order valence-corrected chi connectivity index (χ1v) is 12.2. The lowest BCUT2D eigenvalue weighted by Gasteiger charge is -2.29. The molecule has 0 amide bonds. The van der Waals surface area contributed by atoms with Crippen LogP contribution in [-0.4, -0.2) is 41.9 Å². The first-order valence-electron chi connectivity index (χ1n) is 12.2. The zero-order chi connectivity index (χ0) is 29.1. The number of halogens is 3. The van der Waals surface area contributed by atoms with Gasteiger partial charge in [-0.05, 0) is 81.8 Å². The molecular weight excluding hydrogens is 501 g/mol. The number of hydrogen-bond acceptors (Lipinski definition) is 6. The maximum absolute atomic E-state index is 13.4. The van der Waals surface area contributed by atoms with Crippen LogP contribution >= 0.6 is 0 Å². The maximum atomic E-state index is 13.4. The Labute approximate surface area is 220 Å². The minimum atomic E-state index is -4.74. The number of ketones is 2. The predicted octanol–water partition coefficient (Wildman–Crippen LogP) is 6.03. The summed E-state index contributed by atoms with van der Waals surface area (Å²) in [4.78, 5) is 50.7. The van der Waals surface area contributed by atoms with Crippen LogP contribution in [0.25, 0.3) is 0 Å². The predicted molar refractivity (Wildman–Crippen MR) is 135 cm³/mol. The first kappa shape index (κ1) is 30.7. The van der Waals surface area contributed by atoms with Gasteiger partial charge in [-0.3, -0.25) is 9.59 Å². The van der Waals surface area contributed by atoms with E-state index in [4.69, 9.17) is 9.47 Å². The molecule has 3 unspecified atom stereocenters. The summed E-state index contributed by atoms with van der Waals surface area (Å²) in [7, 11) is 0. The van der Waals surface area contributed by atoms with Gasteiger partial charge in [0, 0.05) is 17.0 Å². The molecule has 0 N–H and O–H groups in total. The standard InChI is InChI=1S/C29H33F3O6/c1-14-9-11-22(18(5)16(14)3)25(33)27(35)37-21(8)20(7)24(13-29(30,31)32)38-28(36)26(34)23-12-10-15(2)17(4)19(23)6/h9-12,20-21,24H,13H2,1-8H3. The number of aryl methyl sites for hydroxylation is 2. The molecule has 2 rings (SSSR count). The SMILES string of the molecule is Cc1ccc(C(=O)C(=O)OC(C)C(C)C(CC(F)(F)F)OC(=O)C(=O)c2ccc(C)c(C)c2C)c(C)c1C. The number of alkyl halides is 3. The molecular formula is C29H33F3O6. The fourth-order valence-corrected chi connectivity index (χ4v) is 4.01. The van der Waals surface area contributed by atoms with E-state index in [0.717, 1.165) is 22.3 Å². The van der Waals surface area contributed by atoms with Gasteiger partial charge in [-0.15, -0.1) is 0 Å². The van der Waals surface area contributed by atoms with E-state index in [2.05, 4.69) is 0 Å². The summed E-state index contributed by atoms with van der Waals surface area (Å²) in [6.07, 6.45) is -9.38. The molecule has 0 saturated carbocycles. The second kappa shape index (κ2) is 11.9. The molecule has 206 valence electrons. The number of hydrogen-bond donors (Lipinski definition) is 0. The maximum Gasteiger partial charge on any atom is 0.392 e. The van der Waals surface area contributed by atoms with Crippen molar-refractivity contribution >= 4 is 23.5 Å². The summed E-state index contributed by atoms with van der Waals surface area (Å²) in [6.45, 7) is 13.1. The third-order valence-corrected chi connectivity index (χ3v) is 7.29. The molecule has 38 heavy (non-hydrogen) atoms. The Kier molecular flexibility index (Phi) is 9.64. The van der Waals surface area contributed by atoms with Crippen molar-refractivity contribution in [3.63, 3.8) is 0 Å². The van der Waals surface area contributed by atoms with Crippen LogP contribution in [-0.2, 0) is 19.1 Å². The molecule has 0 heterocycles. The third-order valence-electron chi connectivity index (χ3n) is 7.29. The van der Waals surface area contributed by atoms with Gasteiger partial charge in [0.1, 0.15) is 12.2 Å². The molecule has 0 bridgehead atoms. The van der Waals surface area contributed by atoms with Gasteiger partial charge >= 0.3 is 18.1 Å². The van der Waals surface area contributed by atoms with E-state index in [-0.39, 0.29) is 11.1 Å². The van der Waals surface area contributed by atoms with E-state index in [0.29, 0.717) is 11.1 Å². The van der Waals surface area contributed by atoms with E-state index in [1.54, 1.807) is 39.8 Å². The molecule has 0 saturated heterocycles. The molecule has 0 aliphatic heterocycles. The van der Waals surface area contributed by atoms with Gasteiger partial charge in [0.15, 0.2) is 0 Å². The molecule has 0 aliphatic carbocycles. The Morgan fingerprint density at radius 1 is 0.684 bits per heavy atom. The lowest BCUT2D eigenvalue weighted by molar-refractivity contribution is -0.181. The van der Waals surface area contributed by atoms with Crippen molar-refractivity contribution in [2.24, 2.45) is 5.92 Å². The topological polar surface area (TPSA) is 86.7 Å². The van der Waals surface area contributed by atoms with Crippen LogP contribution in [0.2, 0.25) is 0 Å². The third kappa shape index (κ3) is 7.08. The van der Waals surface area contributed by atoms with Gasteiger partial charge in [0.25, 0.3) is 11.6 Å². The second-order valence-corrected chi connectivity index (χ2v) is 9.75. The summed E-state index contributed by atoms with van der Waals surface area (Å²) in [5.41, 5.74) is 4.69. The Hall–Kier alpha value is -3.49. The molecule has 0 aromatic heterocycles. The molecule has 0 fully saturated rings. The van der Waals surface area contributed by atoms with Gasteiger partial charge < -0.3 is 9.47 Å². The van der Waals surface area contributed by atoms with Gasteiger partial charge in [0.2, 0.25) is 0 Å². The van der Waals surface area contributed by atoms with Crippen LogP contribution in [0.1, 0.15) is 74.4 Å². The highest BCUT2D eigenvalue weighted by atomic mass is 19.4. The van der Waals surface area contributed by atoms with Crippen molar-refractivity contribution in [1.82, 2.24) is 0 Å². The van der Waals surface area contributed by atoms with Gasteiger partial charge in [-0.1, -0.05) is 31.2 Å². The lowest BCUT2D eigenvalue weighted by Crippen LogP contribution is -2.39. The average Bonchev–Trinajstić information content (AvgIpc) is 2.83. The van der Waals surface area contributed by atoms with Crippen LogP contribution in [0.5, 0.6) is 0 Å². The van der Waals surface area contributed by atoms with Crippen LogP contribution in [0.4, 0.5) is 13.2 Å². The van der Waals surface area contributed by atoms with Crippen molar-refractivity contribution in [3.8, 4) is 0 Å². The lowest BCUT2D eigenvalue weighted by atomic mass is 9.94. The number of carbonyl (C=O) groups excluding carboxylic acids is 4. The zero-order valence-corrected chi connectivity index (χ0v) is 22.8. The second-order valence-electron chi connectivity index (χ2n) is 9.75. The normalized spacial score (nSPS) is 13.9. The van der Waals surface area contributed by atoms with Gasteiger partial charge in [-0.2, -0.15) is 13.2 Å². The highest BCUT2D eigenvalue weighted by molar-refractivity contribution is 6.41. The number of rotatable bonds is 9. The molecule has 3 atom stereocenters. The highest BCUT2D eigenvalue weighted by Crippen LogP contribution is 2.30. The van der Waals surface area contributed by atoms with Crippen molar-refractivity contribution in [1.29, 1.82) is 0 Å². The van der Waals surface area contributed by atoms with Crippen LogP contribution in [0, 0.1) is 47.5 Å². The first-order chi connectivity index (χ1) is 17.5. The summed E-state index contributed by atoms with van der Waals surface area (Å²) in [5.74, 6) is -5.89. The number of carbonyl (C=O) groups is 4. The van der Waals surface area contributed by atoms with Gasteiger partial charge in [-0.25, -0.2) is 9.59 Å². The molecule has 0 aliphatic rings. The molecule has 9 heteroatoms. The minimum Gasteiger partial charge on any atom is -0.456 e. The van der Waals surface area contributed by atoms with Crippen LogP contribution in [0.3, 0.4) is 0 Å². The van der Waals surface area contributed by atoms with E-state index in [1.165, 1.54) is 26.0 Å². The number of esters is 2. The molecule has 2 aromatic carbocycles. The number of ether oxygens (including phenoxy) is 2.